The highest BCUT2D eigenvalue weighted by Gasteiger charge is 2.24. The maximum Gasteiger partial charge on any atom is 0.242 e. The van der Waals surface area contributed by atoms with Gasteiger partial charge in [0.25, 0.3) is 0 Å². The molecular weight excluding hydrogens is 288 g/mol. The number of halogens is 1. The Labute approximate surface area is 118 Å². The predicted molar refractivity (Wildman–Crippen MR) is 76.7 cm³/mol. The van der Waals surface area contributed by atoms with E-state index in [4.69, 9.17) is 17.3 Å². The summed E-state index contributed by atoms with van der Waals surface area (Å²) in [5.74, 6) is 0. The van der Waals surface area contributed by atoms with Crippen LogP contribution in [0.5, 0.6) is 0 Å². The van der Waals surface area contributed by atoms with Crippen molar-refractivity contribution in [2.45, 2.75) is 37.7 Å². The molecule has 0 saturated carbocycles. The molecule has 7 heteroatoms. The van der Waals surface area contributed by atoms with E-state index < -0.39 is 15.6 Å². The number of anilines is 1. The van der Waals surface area contributed by atoms with Gasteiger partial charge in [0.15, 0.2) is 0 Å². The molecule has 0 spiro atoms. The van der Waals surface area contributed by atoms with Crippen LogP contribution in [-0.2, 0) is 10.0 Å². The van der Waals surface area contributed by atoms with E-state index in [1.54, 1.807) is 20.8 Å². The Morgan fingerprint density at radius 3 is 2.58 bits per heavy atom. The zero-order valence-corrected chi connectivity index (χ0v) is 12.8. The maximum absolute atomic E-state index is 12.1. The summed E-state index contributed by atoms with van der Waals surface area (Å²) in [4.78, 5) is -0.0795. The Hall–Kier alpha value is -0.820. The summed E-state index contributed by atoms with van der Waals surface area (Å²) in [5, 5.41) is 9.92. The largest absolute Gasteiger partial charge is 0.398 e. The highest BCUT2D eigenvalue weighted by molar-refractivity contribution is 7.89. The van der Waals surface area contributed by atoms with E-state index in [-0.39, 0.29) is 16.5 Å². The van der Waals surface area contributed by atoms with Gasteiger partial charge in [-0.25, -0.2) is 13.1 Å². The summed E-state index contributed by atoms with van der Waals surface area (Å²) in [6.45, 7) is 4.98. The van der Waals surface area contributed by atoms with Gasteiger partial charge in [0.1, 0.15) is 4.90 Å². The van der Waals surface area contributed by atoms with Crippen molar-refractivity contribution in [2.24, 2.45) is 0 Å². The zero-order chi connectivity index (χ0) is 14.8. The molecule has 1 unspecified atom stereocenters. The SMILES string of the molecule is CCC(C)(O)CNS(=O)(=O)c1cc(N)c(C)cc1Cl. The molecule has 0 aliphatic carbocycles. The van der Waals surface area contributed by atoms with Gasteiger partial charge < -0.3 is 10.8 Å². The van der Waals surface area contributed by atoms with Gasteiger partial charge in [-0.1, -0.05) is 18.5 Å². The minimum Gasteiger partial charge on any atom is -0.398 e. The van der Waals surface area contributed by atoms with Crippen molar-refractivity contribution in [1.82, 2.24) is 4.72 Å². The molecule has 0 fully saturated rings. The normalized spacial score (nSPS) is 15.2. The number of aliphatic hydroxyl groups is 1. The van der Waals surface area contributed by atoms with Gasteiger partial charge in [0.05, 0.1) is 10.6 Å². The summed E-state index contributed by atoms with van der Waals surface area (Å²) in [7, 11) is -3.80. The Bertz CT molecular complexity index is 571. The van der Waals surface area contributed by atoms with Crippen molar-refractivity contribution in [3.05, 3.63) is 22.7 Å². The van der Waals surface area contributed by atoms with Crippen LogP contribution in [0.2, 0.25) is 5.02 Å². The lowest BCUT2D eigenvalue weighted by atomic mass is 10.1. The number of hydrogen-bond acceptors (Lipinski definition) is 4. The number of benzene rings is 1. The molecule has 0 aliphatic heterocycles. The molecule has 1 aromatic carbocycles. The van der Waals surface area contributed by atoms with Gasteiger partial charge >= 0.3 is 0 Å². The van der Waals surface area contributed by atoms with Crippen molar-refractivity contribution in [2.75, 3.05) is 12.3 Å². The molecule has 108 valence electrons. The number of nitrogen functional groups attached to an aromatic ring is 1. The van der Waals surface area contributed by atoms with E-state index in [1.807, 2.05) is 0 Å². The van der Waals surface area contributed by atoms with Gasteiger partial charge in [-0.05, 0) is 38.0 Å². The van der Waals surface area contributed by atoms with Gasteiger partial charge in [-0.2, -0.15) is 0 Å². The quantitative estimate of drug-likeness (QED) is 0.721. The smallest absolute Gasteiger partial charge is 0.242 e. The molecule has 1 atom stereocenters. The molecule has 0 amide bonds. The molecule has 0 bridgehead atoms. The fourth-order valence-corrected chi connectivity index (χ4v) is 3.10. The molecule has 4 N–H and O–H groups in total. The van der Waals surface area contributed by atoms with Crippen LogP contribution in [-0.4, -0.2) is 25.7 Å². The molecule has 0 radical (unpaired) electrons. The van der Waals surface area contributed by atoms with Crippen LogP contribution in [0.25, 0.3) is 0 Å². The summed E-state index contributed by atoms with van der Waals surface area (Å²) < 4.78 is 26.6. The lowest BCUT2D eigenvalue weighted by Crippen LogP contribution is -2.40. The van der Waals surface area contributed by atoms with Gasteiger partial charge in [-0.3, -0.25) is 0 Å². The number of hydrogen-bond donors (Lipinski definition) is 3. The predicted octanol–water partition coefficient (Wildman–Crippen LogP) is 1.67. The minimum absolute atomic E-state index is 0.0795. The van der Waals surface area contributed by atoms with E-state index in [0.717, 1.165) is 0 Å². The summed E-state index contributed by atoms with van der Waals surface area (Å²) >= 11 is 5.93. The summed E-state index contributed by atoms with van der Waals surface area (Å²) in [5.41, 5.74) is 5.66. The molecule has 0 aromatic heterocycles. The van der Waals surface area contributed by atoms with Crippen molar-refractivity contribution < 1.29 is 13.5 Å². The highest BCUT2D eigenvalue weighted by atomic mass is 35.5. The zero-order valence-electron chi connectivity index (χ0n) is 11.2. The molecule has 1 rings (SSSR count). The summed E-state index contributed by atoms with van der Waals surface area (Å²) in [6.07, 6.45) is 0.430. The van der Waals surface area contributed by atoms with Crippen molar-refractivity contribution >= 4 is 27.3 Å². The van der Waals surface area contributed by atoms with Gasteiger partial charge in [0.2, 0.25) is 10.0 Å². The molecule has 0 heterocycles. The number of aryl methyl sites for hydroxylation is 1. The first-order valence-electron chi connectivity index (χ1n) is 5.87. The molecule has 1 aromatic rings. The summed E-state index contributed by atoms with van der Waals surface area (Å²) in [6, 6.07) is 2.82. The van der Waals surface area contributed by atoms with Gasteiger partial charge in [-0.15, -0.1) is 0 Å². The molecule has 0 saturated heterocycles. The average Bonchev–Trinajstić information content (AvgIpc) is 2.31. The minimum atomic E-state index is -3.80. The van der Waals surface area contributed by atoms with E-state index in [1.165, 1.54) is 12.1 Å². The third-order valence-corrected chi connectivity index (χ3v) is 4.88. The van der Waals surface area contributed by atoms with Crippen LogP contribution < -0.4 is 10.5 Å². The lowest BCUT2D eigenvalue weighted by molar-refractivity contribution is 0.0613. The monoisotopic (exact) mass is 306 g/mol. The second-order valence-corrected chi connectivity index (χ2v) is 6.96. The van der Waals surface area contributed by atoms with E-state index in [0.29, 0.717) is 17.7 Å². The number of nitrogens with one attached hydrogen (secondary N) is 1. The highest BCUT2D eigenvalue weighted by Crippen LogP contribution is 2.26. The third kappa shape index (κ3) is 4.07. The number of nitrogens with two attached hydrogens (primary N) is 1. The van der Waals surface area contributed by atoms with Crippen LogP contribution in [0.4, 0.5) is 5.69 Å². The van der Waals surface area contributed by atoms with Crippen molar-refractivity contribution in [3.8, 4) is 0 Å². The van der Waals surface area contributed by atoms with Crippen LogP contribution in [0, 0.1) is 6.92 Å². The fraction of sp³-hybridized carbons (Fsp3) is 0.500. The number of rotatable bonds is 5. The first-order chi connectivity index (χ1) is 8.59. The molecule has 0 aliphatic rings. The average molecular weight is 307 g/mol. The van der Waals surface area contributed by atoms with Crippen molar-refractivity contribution in [3.63, 3.8) is 0 Å². The first kappa shape index (κ1) is 16.2. The van der Waals surface area contributed by atoms with E-state index >= 15 is 0 Å². The van der Waals surface area contributed by atoms with Crippen LogP contribution in [0.3, 0.4) is 0 Å². The van der Waals surface area contributed by atoms with Gasteiger partial charge in [0, 0.05) is 12.2 Å². The Kier molecular flexibility index (Phi) is 4.84. The standard InChI is InChI=1S/C12H19ClN2O3S/c1-4-12(3,16)7-15-19(17,18)11-6-10(14)8(2)5-9(11)13/h5-6,15-16H,4,7,14H2,1-3H3. The van der Waals surface area contributed by atoms with Crippen molar-refractivity contribution in [1.29, 1.82) is 0 Å². The number of sulfonamides is 1. The Balaban J connectivity index is 3.05. The first-order valence-corrected chi connectivity index (χ1v) is 7.73. The van der Waals surface area contributed by atoms with Crippen LogP contribution >= 0.6 is 11.6 Å². The van der Waals surface area contributed by atoms with E-state index in [9.17, 15) is 13.5 Å². The molecule has 5 nitrogen and oxygen atoms in total. The maximum atomic E-state index is 12.1. The second-order valence-electron chi connectivity index (χ2n) is 4.81. The fourth-order valence-electron chi connectivity index (χ4n) is 1.33. The third-order valence-electron chi connectivity index (χ3n) is 3.01. The second kappa shape index (κ2) is 5.66. The van der Waals surface area contributed by atoms with Crippen LogP contribution in [0.15, 0.2) is 17.0 Å². The lowest BCUT2D eigenvalue weighted by Gasteiger charge is -2.21. The topological polar surface area (TPSA) is 92.4 Å². The van der Waals surface area contributed by atoms with Crippen LogP contribution in [0.1, 0.15) is 25.8 Å². The Morgan fingerprint density at radius 2 is 2.05 bits per heavy atom. The van der Waals surface area contributed by atoms with E-state index in [2.05, 4.69) is 4.72 Å². The Morgan fingerprint density at radius 1 is 1.47 bits per heavy atom. The molecular formula is C12H19ClN2O3S. The molecule has 19 heavy (non-hydrogen) atoms.